The van der Waals surface area contributed by atoms with Crippen molar-refractivity contribution < 1.29 is 4.79 Å². The minimum Gasteiger partial charge on any atom is -0.399 e. The number of fused-ring (bicyclic) bond motifs is 1. The fraction of sp³-hybridized carbons (Fsp3) is 0. The molecule has 0 aliphatic heterocycles. The molecule has 0 atom stereocenters. The van der Waals surface area contributed by atoms with E-state index in [1.54, 1.807) is 36.7 Å². The molecule has 0 unspecified atom stereocenters. The zero-order chi connectivity index (χ0) is 22.6. The van der Waals surface area contributed by atoms with Gasteiger partial charge in [-0.1, -0.05) is 18.2 Å². The molecular weight excluding hydrogens is 412 g/mol. The van der Waals surface area contributed by atoms with Crippen LogP contribution in [0.4, 0.5) is 28.6 Å². The van der Waals surface area contributed by atoms with Gasteiger partial charge in [-0.2, -0.15) is 0 Å². The summed E-state index contributed by atoms with van der Waals surface area (Å²) >= 11 is 0. The summed E-state index contributed by atoms with van der Waals surface area (Å²) in [4.78, 5) is 27.7. The quantitative estimate of drug-likeness (QED) is 0.364. The second-order valence-corrected chi connectivity index (χ2v) is 7.38. The predicted octanol–water partition coefficient (Wildman–Crippen LogP) is 5.33. The van der Waals surface area contributed by atoms with E-state index in [1.807, 2.05) is 65.6 Å². The van der Waals surface area contributed by atoms with Gasteiger partial charge in [0.2, 0.25) is 0 Å². The van der Waals surface area contributed by atoms with E-state index in [0.29, 0.717) is 22.8 Å². The van der Waals surface area contributed by atoms with E-state index in [0.717, 1.165) is 22.3 Å². The summed E-state index contributed by atoms with van der Waals surface area (Å²) in [5.74, 6) is 0.510. The Morgan fingerprint density at radius 2 is 1.61 bits per heavy atom. The van der Waals surface area contributed by atoms with Gasteiger partial charge in [-0.3, -0.25) is 14.7 Å². The Morgan fingerprint density at radius 1 is 0.818 bits per heavy atom. The average molecular weight is 432 g/mol. The molecule has 1 amide bonds. The molecule has 160 valence electrons. The van der Waals surface area contributed by atoms with Crippen LogP contribution in [0, 0.1) is 0 Å². The number of nitrogen functional groups attached to an aromatic ring is 1. The molecule has 3 aromatic carbocycles. The number of anilines is 5. The zero-order valence-corrected chi connectivity index (χ0v) is 17.6. The molecule has 0 fully saturated rings. The molecule has 2 heterocycles. The smallest absolute Gasteiger partial charge is 0.255 e. The lowest BCUT2D eigenvalue weighted by Crippen LogP contribution is -2.14. The molecule has 5 rings (SSSR count). The Kier molecular flexibility index (Phi) is 5.35. The molecule has 0 saturated heterocycles. The maximum atomic E-state index is 12.5. The van der Waals surface area contributed by atoms with Crippen LogP contribution in [0.1, 0.15) is 10.4 Å². The molecule has 5 aromatic rings. The van der Waals surface area contributed by atoms with E-state index in [-0.39, 0.29) is 5.91 Å². The minimum atomic E-state index is -0.200. The van der Waals surface area contributed by atoms with Gasteiger partial charge < -0.3 is 11.1 Å². The van der Waals surface area contributed by atoms with Gasteiger partial charge in [0.05, 0.1) is 11.2 Å². The van der Waals surface area contributed by atoms with Crippen molar-refractivity contribution in [1.82, 2.24) is 15.0 Å². The van der Waals surface area contributed by atoms with Gasteiger partial charge in [-0.05, 0) is 66.7 Å². The van der Waals surface area contributed by atoms with Crippen LogP contribution in [-0.4, -0.2) is 20.9 Å². The molecule has 0 saturated carbocycles. The first-order chi connectivity index (χ1) is 16.2. The number of rotatable bonds is 5. The van der Waals surface area contributed by atoms with E-state index in [1.165, 1.54) is 6.33 Å². The van der Waals surface area contributed by atoms with E-state index < -0.39 is 0 Å². The van der Waals surface area contributed by atoms with Crippen LogP contribution in [-0.2, 0) is 0 Å². The molecule has 2 aromatic heterocycles. The van der Waals surface area contributed by atoms with Crippen LogP contribution in [0.25, 0.3) is 10.9 Å². The second-order valence-electron chi connectivity index (χ2n) is 7.38. The number of pyridine rings is 1. The lowest BCUT2D eigenvalue weighted by Gasteiger charge is -2.25. The Balaban J connectivity index is 1.50. The maximum Gasteiger partial charge on any atom is 0.255 e. The summed E-state index contributed by atoms with van der Waals surface area (Å²) in [6.07, 6.45) is 5.00. The summed E-state index contributed by atoms with van der Waals surface area (Å²) in [5, 5.41) is 3.95. The first kappa shape index (κ1) is 20.1. The fourth-order valence-corrected chi connectivity index (χ4v) is 3.61. The Hall–Kier alpha value is -4.78. The lowest BCUT2D eigenvalue weighted by molar-refractivity contribution is 0.102. The SMILES string of the molecule is Nc1ccc(C(=O)Nc2ccc(N(c3ccncn3)c3cccc4cccnc34)cc2)cc1. The van der Waals surface area contributed by atoms with E-state index >= 15 is 0 Å². The van der Waals surface area contributed by atoms with Gasteiger partial charge in [0.25, 0.3) is 5.91 Å². The Bertz CT molecular complexity index is 1400. The molecule has 7 heteroatoms. The average Bonchev–Trinajstić information content (AvgIpc) is 2.86. The van der Waals surface area contributed by atoms with Crippen molar-refractivity contribution in [2.75, 3.05) is 16.0 Å². The molecule has 0 spiro atoms. The van der Waals surface area contributed by atoms with Gasteiger partial charge in [0.15, 0.2) is 0 Å². The third-order valence-electron chi connectivity index (χ3n) is 5.20. The van der Waals surface area contributed by atoms with E-state index in [4.69, 9.17) is 5.73 Å². The van der Waals surface area contributed by atoms with Crippen LogP contribution in [0.5, 0.6) is 0 Å². The van der Waals surface area contributed by atoms with Crippen LogP contribution in [0.15, 0.2) is 104 Å². The number of para-hydroxylation sites is 1. The number of nitrogens with one attached hydrogen (secondary N) is 1. The summed E-state index contributed by atoms with van der Waals surface area (Å²) in [5.41, 5.74) is 10.2. The van der Waals surface area contributed by atoms with Gasteiger partial charge in [-0.15, -0.1) is 0 Å². The van der Waals surface area contributed by atoms with Crippen molar-refractivity contribution in [2.45, 2.75) is 0 Å². The Labute approximate surface area is 190 Å². The summed E-state index contributed by atoms with van der Waals surface area (Å²) < 4.78 is 0. The highest BCUT2D eigenvalue weighted by atomic mass is 16.1. The number of nitrogens with two attached hydrogens (primary N) is 1. The van der Waals surface area contributed by atoms with Crippen molar-refractivity contribution in [3.05, 3.63) is 109 Å². The number of benzene rings is 3. The van der Waals surface area contributed by atoms with Crippen molar-refractivity contribution in [1.29, 1.82) is 0 Å². The number of hydrogen-bond donors (Lipinski definition) is 2. The first-order valence-corrected chi connectivity index (χ1v) is 10.4. The zero-order valence-electron chi connectivity index (χ0n) is 17.6. The van der Waals surface area contributed by atoms with Crippen molar-refractivity contribution >= 4 is 45.4 Å². The van der Waals surface area contributed by atoms with Crippen molar-refractivity contribution in [2.24, 2.45) is 0 Å². The topological polar surface area (TPSA) is 97.0 Å². The van der Waals surface area contributed by atoms with E-state index in [2.05, 4.69) is 20.3 Å². The fourth-order valence-electron chi connectivity index (χ4n) is 3.61. The number of carbonyl (C=O) groups excluding carboxylic acids is 1. The van der Waals surface area contributed by atoms with Crippen molar-refractivity contribution in [3.63, 3.8) is 0 Å². The number of hydrogen-bond acceptors (Lipinski definition) is 6. The molecule has 0 aliphatic rings. The summed E-state index contributed by atoms with van der Waals surface area (Å²) in [7, 11) is 0. The summed E-state index contributed by atoms with van der Waals surface area (Å²) in [6, 6.07) is 26.2. The standard InChI is InChI=1S/C26H20N6O/c27-20-8-6-19(7-9-20)26(33)31-21-10-12-22(13-11-21)32(24-14-16-28-17-30-24)23-5-1-3-18-4-2-15-29-25(18)23/h1-17H,27H2,(H,31,33). The highest BCUT2D eigenvalue weighted by Crippen LogP contribution is 2.37. The predicted molar refractivity (Wildman–Crippen MR) is 131 cm³/mol. The van der Waals surface area contributed by atoms with Gasteiger partial charge >= 0.3 is 0 Å². The van der Waals surface area contributed by atoms with E-state index in [9.17, 15) is 4.79 Å². The minimum absolute atomic E-state index is 0.200. The van der Waals surface area contributed by atoms with Gasteiger partial charge in [-0.25, -0.2) is 9.97 Å². The first-order valence-electron chi connectivity index (χ1n) is 10.4. The van der Waals surface area contributed by atoms with Crippen LogP contribution < -0.4 is 16.0 Å². The normalized spacial score (nSPS) is 10.7. The number of aromatic nitrogens is 3. The highest BCUT2D eigenvalue weighted by Gasteiger charge is 2.17. The number of amides is 1. The third kappa shape index (κ3) is 4.20. The van der Waals surface area contributed by atoms with Gasteiger partial charge in [0.1, 0.15) is 12.1 Å². The van der Waals surface area contributed by atoms with Crippen LogP contribution in [0.3, 0.4) is 0 Å². The maximum absolute atomic E-state index is 12.5. The molecular formula is C26H20N6O. The largest absolute Gasteiger partial charge is 0.399 e. The van der Waals surface area contributed by atoms with Gasteiger partial charge in [0, 0.05) is 40.4 Å². The number of carbonyl (C=O) groups is 1. The number of nitrogens with zero attached hydrogens (tertiary/aromatic N) is 4. The summed E-state index contributed by atoms with van der Waals surface area (Å²) in [6.45, 7) is 0. The lowest BCUT2D eigenvalue weighted by atomic mass is 10.1. The second kappa shape index (κ2) is 8.76. The highest BCUT2D eigenvalue weighted by molar-refractivity contribution is 6.04. The monoisotopic (exact) mass is 432 g/mol. The molecule has 33 heavy (non-hydrogen) atoms. The molecule has 3 N–H and O–H groups in total. The third-order valence-corrected chi connectivity index (χ3v) is 5.20. The molecule has 0 aliphatic carbocycles. The molecule has 7 nitrogen and oxygen atoms in total. The molecule has 0 bridgehead atoms. The van der Waals surface area contributed by atoms with Crippen LogP contribution >= 0.6 is 0 Å². The molecule has 0 radical (unpaired) electrons. The van der Waals surface area contributed by atoms with Crippen LogP contribution in [0.2, 0.25) is 0 Å². The van der Waals surface area contributed by atoms with Crippen molar-refractivity contribution in [3.8, 4) is 0 Å². The Morgan fingerprint density at radius 3 is 2.36 bits per heavy atom.